The molecule has 0 spiro atoms. The minimum Gasteiger partial charge on any atom is -0.457 e. The Morgan fingerprint density at radius 3 is 2.12 bits per heavy atom. The first-order chi connectivity index (χ1) is 27.9. The lowest BCUT2D eigenvalue weighted by molar-refractivity contribution is 0.470. The van der Waals surface area contributed by atoms with Crippen molar-refractivity contribution in [2.45, 2.75) is 78.8 Å². The number of pyridine rings is 1. The molecule has 2 aromatic heterocycles. The molecule has 5 nitrogen and oxygen atoms in total. The molecule has 1 atom stereocenters. The molecule has 4 heterocycles. The fourth-order valence-corrected chi connectivity index (χ4v) is 8.62. The summed E-state index contributed by atoms with van der Waals surface area (Å²) in [6.45, 7) is 18.0. The standard InChI is InChI=1S/C53H52N4O/c1-34(2)43-15-13-16-44(35(3)4)52(43)38-28-37(49-33-56(40-21-19-36(5)20-22-40)51-18-11-12-27-55(49)51)29-42(30-38)58-41-23-24-46-45-14-9-10-17-47(45)57(48(46)32-41)50-31-39(25-26-54-50)53(6,7)8/h9-35,51H,1-8H3. The van der Waals surface area contributed by atoms with E-state index in [1.165, 1.54) is 33.2 Å². The Kier molecular flexibility index (Phi) is 9.35. The number of ether oxygens (including phenoxy) is 1. The van der Waals surface area contributed by atoms with Gasteiger partial charge in [0.1, 0.15) is 23.5 Å². The Hall–Kier alpha value is -6.33. The molecule has 0 N–H and O–H groups in total. The number of aromatic nitrogens is 2. The van der Waals surface area contributed by atoms with Crippen molar-refractivity contribution >= 4 is 33.2 Å². The molecule has 5 heteroatoms. The summed E-state index contributed by atoms with van der Waals surface area (Å²) in [7, 11) is 0. The molecular weight excluding hydrogens is 709 g/mol. The average molecular weight is 761 g/mol. The van der Waals surface area contributed by atoms with Gasteiger partial charge in [-0.2, -0.15) is 0 Å². The topological polar surface area (TPSA) is 33.5 Å². The van der Waals surface area contributed by atoms with E-state index in [4.69, 9.17) is 9.72 Å². The molecule has 0 bridgehead atoms. The minimum absolute atomic E-state index is 0.0106. The van der Waals surface area contributed by atoms with Gasteiger partial charge >= 0.3 is 0 Å². The number of hydrogen-bond acceptors (Lipinski definition) is 4. The molecule has 7 aromatic rings. The summed E-state index contributed by atoms with van der Waals surface area (Å²) in [5.74, 6) is 3.15. The van der Waals surface area contributed by atoms with Gasteiger partial charge in [0, 0.05) is 46.7 Å². The van der Waals surface area contributed by atoms with Crippen molar-refractivity contribution in [2.75, 3.05) is 4.90 Å². The first-order valence-electron chi connectivity index (χ1n) is 20.6. The molecule has 0 amide bonds. The molecular formula is C53H52N4O. The average Bonchev–Trinajstić information content (AvgIpc) is 3.76. The van der Waals surface area contributed by atoms with Gasteiger partial charge in [-0.3, -0.25) is 4.57 Å². The molecule has 9 rings (SSSR count). The molecule has 0 radical (unpaired) electrons. The second-order valence-electron chi connectivity index (χ2n) is 17.5. The maximum atomic E-state index is 7.05. The summed E-state index contributed by atoms with van der Waals surface area (Å²) in [5.41, 5.74) is 13.1. The van der Waals surface area contributed by atoms with Gasteiger partial charge in [0.25, 0.3) is 0 Å². The highest BCUT2D eigenvalue weighted by molar-refractivity contribution is 6.09. The number of fused-ring (bicyclic) bond motifs is 4. The van der Waals surface area contributed by atoms with E-state index in [-0.39, 0.29) is 11.6 Å². The fraction of sp³-hybridized carbons (Fsp3) is 0.226. The third-order valence-corrected chi connectivity index (χ3v) is 11.7. The summed E-state index contributed by atoms with van der Waals surface area (Å²) in [4.78, 5) is 9.64. The zero-order valence-electron chi connectivity index (χ0n) is 34.9. The maximum Gasteiger partial charge on any atom is 0.137 e. The smallest absolute Gasteiger partial charge is 0.137 e. The van der Waals surface area contributed by atoms with Gasteiger partial charge in [-0.25, -0.2) is 4.98 Å². The number of rotatable bonds is 8. The van der Waals surface area contributed by atoms with Crippen molar-refractivity contribution in [3.63, 3.8) is 0 Å². The summed E-state index contributed by atoms with van der Waals surface area (Å²) in [6.07, 6.45) is 13.0. The van der Waals surface area contributed by atoms with E-state index in [9.17, 15) is 0 Å². The van der Waals surface area contributed by atoms with Crippen LogP contribution in [0.3, 0.4) is 0 Å². The van der Waals surface area contributed by atoms with Crippen LogP contribution in [-0.4, -0.2) is 20.6 Å². The quantitative estimate of drug-likeness (QED) is 0.154. The van der Waals surface area contributed by atoms with Crippen molar-refractivity contribution < 1.29 is 4.74 Å². The summed E-state index contributed by atoms with van der Waals surface area (Å²) < 4.78 is 9.33. The van der Waals surface area contributed by atoms with Crippen LogP contribution >= 0.6 is 0 Å². The Morgan fingerprint density at radius 2 is 1.38 bits per heavy atom. The highest BCUT2D eigenvalue weighted by Gasteiger charge is 2.32. The Bertz CT molecular complexity index is 2750. The zero-order chi connectivity index (χ0) is 40.3. The molecule has 1 unspecified atom stereocenters. The number of allylic oxidation sites excluding steroid dienone is 2. The van der Waals surface area contributed by atoms with Crippen LogP contribution in [0.2, 0.25) is 0 Å². The maximum absolute atomic E-state index is 7.05. The number of nitrogens with zero attached hydrogens (tertiary/aromatic N) is 4. The minimum atomic E-state index is -0.0106. The highest BCUT2D eigenvalue weighted by Crippen LogP contribution is 2.44. The number of anilines is 1. The summed E-state index contributed by atoms with van der Waals surface area (Å²) in [6, 6.07) is 41.8. The van der Waals surface area contributed by atoms with Crippen molar-refractivity contribution in [2.24, 2.45) is 0 Å². The van der Waals surface area contributed by atoms with Gasteiger partial charge in [0.2, 0.25) is 0 Å². The van der Waals surface area contributed by atoms with Crippen LogP contribution < -0.4 is 9.64 Å². The lowest BCUT2D eigenvalue weighted by Gasteiger charge is -2.31. The van der Waals surface area contributed by atoms with E-state index in [1.807, 2.05) is 6.20 Å². The van der Waals surface area contributed by atoms with Crippen LogP contribution in [0.25, 0.3) is 44.4 Å². The first kappa shape index (κ1) is 37.3. The molecule has 0 aliphatic carbocycles. The third kappa shape index (κ3) is 6.68. The Labute approximate surface area is 343 Å². The summed E-state index contributed by atoms with van der Waals surface area (Å²) >= 11 is 0. The molecule has 0 fully saturated rings. The van der Waals surface area contributed by atoms with Gasteiger partial charge in [0.05, 0.1) is 16.7 Å². The lowest BCUT2D eigenvalue weighted by atomic mass is 9.84. The first-order valence-corrected chi connectivity index (χ1v) is 20.6. The largest absolute Gasteiger partial charge is 0.457 e. The van der Waals surface area contributed by atoms with Gasteiger partial charge in [-0.1, -0.05) is 109 Å². The molecule has 0 saturated carbocycles. The molecule has 0 saturated heterocycles. The van der Waals surface area contributed by atoms with E-state index in [0.29, 0.717) is 11.8 Å². The van der Waals surface area contributed by atoms with Crippen LogP contribution in [0.1, 0.15) is 88.1 Å². The van der Waals surface area contributed by atoms with E-state index in [0.717, 1.165) is 56.2 Å². The molecule has 5 aromatic carbocycles. The monoisotopic (exact) mass is 760 g/mol. The van der Waals surface area contributed by atoms with Crippen LogP contribution in [0.5, 0.6) is 11.5 Å². The van der Waals surface area contributed by atoms with E-state index in [1.54, 1.807) is 0 Å². The van der Waals surface area contributed by atoms with Gasteiger partial charge in [-0.15, -0.1) is 0 Å². The van der Waals surface area contributed by atoms with Crippen LogP contribution in [0.4, 0.5) is 5.69 Å². The van der Waals surface area contributed by atoms with Crippen LogP contribution in [0, 0.1) is 6.92 Å². The molecule has 290 valence electrons. The molecule has 2 aliphatic heterocycles. The van der Waals surface area contributed by atoms with Gasteiger partial charge < -0.3 is 14.5 Å². The van der Waals surface area contributed by atoms with Crippen molar-refractivity contribution in [1.82, 2.24) is 14.5 Å². The number of para-hydroxylation sites is 1. The normalized spacial score (nSPS) is 15.3. The van der Waals surface area contributed by atoms with Crippen molar-refractivity contribution in [3.8, 4) is 28.4 Å². The second-order valence-corrected chi connectivity index (χ2v) is 17.5. The van der Waals surface area contributed by atoms with Gasteiger partial charge in [0.15, 0.2) is 0 Å². The SMILES string of the molecule is Cc1ccc(N2C=C(c3cc(Oc4ccc5c6ccccc6n(-c6cc(C(C)(C)C)ccn6)c5c4)cc(-c4c(C(C)C)cccc4C(C)C)c3)N3C=CC=CC32)cc1. The lowest BCUT2D eigenvalue weighted by Crippen LogP contribution is -2.36. The fourth-order valence-electron chi connectivity index (χ4n) is 8.62. The third-order valence-electron chi connectivity index (χ3n) is 11.7. The van der Waals surface area contributed by atoms with E-state index in [2.05, 4.69) is 216 Å². The number of benzene rings is 5. The van der Waals surface area contributed by atoms with E-state index < -0.39 is 0 Å². The van der Waals surface area contributed by atoms with Gasteiger partial charge in [-0.05, 0) is 125 Å². The predicted octanol–water partition coefficient (Wildman–Crippen LogP) is 14.0. The predicted molar refractivity (Wildman–Crippen MR) is 243 cm³/mol. The van der Waals surface area contributed by atoms with Crippen LogP contribution in [0.15, 0.2) is 152 Å². The highest BCUT2D eigenvalue weighted by atomic mass is 16.5. The zero-order valence-corrected chi connectivity index (χ0v) is 34.9. The second kappa shape index (κ2) is 14.6. The summed E-state index contributed by atoms with van der Waals surface area (Å²) in [5, 5.41) is 2.35. The Balaban J connectivity index is 1.22. The van der Waals surface area contributed by atoms with Crippen molar-refractivity contribution in [3.05, 3.63) is 180 Å². The van der Waals surface area contributed by atoms with Crippen LogP contribution in [-0.2, 0) is 5.41 Å². The number of aryl methyl sites for hydroxylation is 1. The number of hydrogen-bond donors (Lipinski definition) is 0. The molecule has 58 heavy (non-hydrogen) atoms. The Morgan fingerprint density at radius 1 is 0.655 bits per heavy atom. The van der Waals surface area contributed by atoms with E-state index >= 15 is 0 Å². The van der Waals surface area contributed by atoms with Crippen molar-refractivity contribution in [1.29, 1.82) is 0 Å². The molecule has 2 aliphatic rings.